The summed E-state index contributed by atoms with van der Waals surface area (Å²) in [6.07, 6.45) is 5.41. The van der Waals surface area contributed by atoms with Gasteiger partial charge in [0.05, 0.1) is 26.9 Å². The first-order valence-corrected chi connectivity index (χ1v) is 13.2. The number of carbonyl (C=O) groups is 1. The molecular formula is C30H31N5O4. The highest BCUT2D eigenvalue weighted by atomic mass is 16.5. The molecule has 0 unspecified atom stereocenters. The van der Waals surface area contributed by atoms with Crippen LogP contribution >= 0.6 is 0 Å². The van der Waals surface area contributed by atoms with Gasteiger partial charge < -0.3 is 19.1 Å². The van der Waals surface area contributed by atoms with E-state index in [2.05, 4.69) is 37.6 Å². The summed E-state index contributed by atoms with van der Waals surface area (Å²) in [5, 5.41) is 0. The lowest BCUT2D eigenvalue weighted by molar-refractivity contribution is 0.0341. The lowest BCUT2D eigenvalue weighted by Gasteiger charge is -2.27. The third-order valence-corrected chi connectivity index (χ3v) is 7.05. The van der Waals surface area contributed by atoms with Gasteiger partial charge in [0.1, 0.15) is 18.1 Å². The Labute approximate surface area is 227 Å². The molecule has 4 heterocycles. The molecule has 1 fully saturated rings. The first-order chi connectivity index (χ1) is 19.2. The molecule has 9 nitrogen and oxygen atoms in total. The highest BCUT2D eigenvalue weighted by molar-refractivity contribution is 5.92. The molecule has 1 saturated heterocycles. The van der Waals surface area contributed by atoms with Crippen LogP contribution in [0, 0.1) is 0 Å². The highest BCUT2D eigenvalue weighted by Crippen LogP contribution is 2.33. The number of nitrogens with zero attached hydrogens (tertiary/aromatic N) is 5. The average Bonchev–Trinajstić information content (AvgIpc) is 3.47. The van der Waals surface area contributed by atoms with Gasteiger partial charge in [-0.3, -0.25) is 19.2 Å². The van der Waals surface area contributed by atoms with E-state index < -0.39 is 0 Å². The minimum absolute atomic E-state index is 0.141. The summed E-state index contributed by atoms with van der Waals surface area (Å²) >= 11 is 0. The molecule has 2 aliphatic rings. The van der Waals surface area contributed by atoms with Crippen molar-refractivity contribution in [2.75, 3.05) is 46.6 Å². The van der Waals surface area contributed by atoms with E-state index in [0.717, 1.165) is 55.5 Å². The fourth-order valence-corrected chi connectivity index (χ4v) is 5.13. The van der Waals surface area contributed by atoms with E-state index in [0.29, 0.717) is 36.9 Å². The quantitative estimate of drug-likeness (QED) is 0.401. The summed E-state index contributed by atoms with van der Waals surface area (Å²) < 4.78 is 19.4. The van der Waals surface area contributed by atoms with Crippen LogP contribution in [0.25, 0.3) is 17.1 Å². The van der Waals surface area contributed by atoms with Gasteiger partial charge in [-0.2, -0.15) is 0 Å². The van der Waals surface area contributed by atoms with Gasteiger partial charge in [0.15, 0.2) is 11.5 Å². The first kappa shape index (κ1) is 25.1. The van der Waals surface area contributed by atoms with E-state index in [1.807, 2.05) is 36.5 Å². The number of hydrogen-bond acceptors (Lipinski definition) is 7. The normalized spacial score (nSPS) is 15.8. The van der Waals surface area contributed by atoms with Crippen molar-refractivity contribution in [2.45, 2.75) is 13.1 Å². The lowest BCUT2D eigenvalue weighted by atomic mass is 10.1. The monoisotopic (exact) mass is 525 g/mol. The van der Waals surface area contributed by atoms with Crippen LogP contribution in [-0.2, 0) is 17.8 Å². The summed E-state index contributed by atoms with van der Waals surface area (Å²) in [7, 11) is 1.62. The fraction of sp³-hybridized carbons (Fsp3) is 0.300. The number of benzene rings is 2. The van der Waals surface area contributed by atoms with Crippen LogP contribution in [0.2, 0.25) is 0 Å². The number of pyridine rings is 1. The Kier molecular flexibility index (Phi) is 7.25. The van der Waals surface area contributed by atoms with Gasteiger partial charge in [0.2, 0.25) is 0 Å². The van der Waals surface area contributed by atoms with Crippen molar-refractivity contribution >= 4 is 5.91 Å². The van der Waals surface area contributed by atoms with Crippen molar-refractivity contribution in [3.8, 4) is 28.6 Å². The second-order valence-electron chi connectivity index (χ2n) is 9.67. The predicted molar refractivity (Wildman–Crippen MR) is 146 cm³/mol. The molecule has 6 rings (SSSR count). The Morgan fingerprint density at radius 1 is 0.974 bits per heavy atom. The minimum atomic E-state index is -0.141. The molecular weight excluding hydrogens is 494 g/mol. The van der Waals surface area contributed by atoms with Crippen molar-refractivity contribution in [2.24, 2.45) is 0 Å². The number of amides is 1. The number of imidazole rings is 1. The van der Waals surface area contributed by atoms with E-state index >= 15 is 0 Å². The molecule has 1 amide bonds. The Balaban J connectivity index is 1.45. The predicted octanol–water partition coefficient (Wildman–Crippen LogP) is 3.81. The van der Waals surface area contributed by atoms with Gasteiger partial charge in [-0.1, -0.05) is 12.1 Å². The van der Waals surface area contributed by atoms with Gasteiger partial charge in [0, 0.05) is 56.0 Å². The van der Waals surface area contributed by atoms with Crippen molar-refractivity contribution in [1.29, 1.82) is 0 Å². The first-order valence-electron chi connectivity index (χ1n) is 13.2. The van der Waals surface area contributed by atoms with Crippen LogP contribution in [0.15, 0.2) is 73.2 Å². The molecule has 2 aromatic heterocycles. The SMILES string of the molecule is COc1ccc2cc1OCCN(C(=O)c1ccccn1)Cc1cc(CN3CCOCC3)cc(c1)-n1ccnc1-2. The van der Waals surface area contributed by atoms with Crippen molar-refractivity contribution in [1.82, 2.24) is 24.3 Å². The zero-order valence-corrected chi connectivity index (χ0v) is 22.0. The maximum absolute atomic E-state index is 13.6. The van der Waals surface area contributed by atoms with Crippen molar-refractivity contribution < 1.29 is 19.0 Å². The van der Waals surface area contributed by atoms with E-state index in [1.165, 1.54) is 5.56 Å². The van der Waals surface area contributed by atoms with Crippen LogP contribution in [0.4, 0.5) is 0 Å². The number of fused-ring (bicyclic) bond motifs is 7. The summed E-state index contributed by atoms with van der Waals surface area (Å²) in [5.74, 6) is 1.90. The van der Waals surface area contributed by atoms with Crippen LogP contribution < -0.4 is 9.47 Å². The number of ether oxygens (including phenoxy) is 3. The third-order valence-electron chi connectivity index (χ3n) is 7.05. The molecule has 200 valence electrons. The van der Waals surface area contributed by atoms with Gasteiger partial charge in [0.25, 0.3) is 5.91 Å². The Morgan fingerprint density at radius 3 is 2.69 bits per heavy atom. The van der Waals surface area contributed by atoms with Gasteiger partial charge in [-0.15, -0.1) is 0 Å². The van der Waals surface area contributed by atoms with Gasteiger partial charge >= 0.3 is 0 Å². The molecule has 9 heteroatoms. The molecule has 0 N–H and O–H groups in total. The molecule has 39 heavy (non-hydrogen) atoms. The molecule has 0 saturated carbocycles. The smallest absolute Gasteiger partial charge is 0.272 e. The van der Waals surface area contributed by atoms with Crippen molar-refractivity contribution in [3.63, 3.8) is 0 Å². The molecule has 0 atom stereocenters. The molecule has 4 aromatic rings. The second-order valence-corrected chi connectivity index (χ2v) is 9.67. The topological polar surface area (TPSA) is 82.0 Å². The molecule has 2 aliphatic heterocycles. The Morgan fingerprint density at radius 2 is 1.87 bits per heavy atom. The van der Waals surface area contributed by atoms with E-state index in [1.54, 1.807) is 30.5 Å². The maximum Gasteiger partial charge on any atom is 0.272 e. The highest BCUT2D eigenvalue weighted by Gasteiger charge is 2.21. The largest absolute Gasteiger partial charge is 0.493 e. The standard InChI is InChI=1S/C30H31N5O4/c1-37-27-6-5-24-19-28(27)39-15-12-34(30(36)26-4-2-3-7-31-26)21-23-16-22(20-33-10-13-38-14-11-33)17-25(18-23)35-9-8-32-29(24)35/h2-9,16-19H,10-15,20-21H2,1H3. The number of hydrogen-bond donors (Lipinski definition) is 0. The molecule has 0 radical (unpaired) electrons. The van der Waals surface area contributed by atoms with Gasteiger partial charge in [-0.05, 0) is 53.6 Å². The number of morpholine rings is 1. The summed E-state index contributed by atoms with van der Waals surface area (Å²) in [4.78, 5) is 26.8. The zero-order chi connectivity index (χ0) is 26.6. The Bertz CT molecular complexity index is 1450. The molecule has 0 spiro atoms. The average molecular weight is 526 g/mol. The van der Waals surface area contributed by atoms with Gasteiger partial charge in [-0.25, -0.2) is 4.98 Å². The van der Waals surface area contributed by atoms with Crippen molar-refractivity contribution in [3.05, 3.63) is 90.0 Å². The Hall–Kier alpha value is -4.21. The number of carbonyl (C=O) groups excluding carboxylic acids is 1. The van der Waals surface area contributed by atoms with E-state index in [4.69, 9.17) is 14.2 Å². The zero-order valence-electron chi connectivity index (χ0n) is 22.0. The maximum atomic E-state index is 13.6. The number of methoxy groups -OCH3 is 1. The van der Waals surface area contributed by atoms with Crippen LogP contribution in [-0.4, -0.2) is 76.8 Å². The van der Waals surface area contributed by atoms with E-state index in [-0.39, 0.29) is 5.91 Å². The number of aromatic nitrogens is 3. The van der Waals surface area contributed by atoms with E-state index in [9.17, 15) is 4.79 Å². The number of rotatable bonds is 4. The summed E-state index contributed by atoms with van der Waals surface area (Å²) in [6, 6.07) is 17.7. The van der Waals surface area contributed by atoms with Crippen LogP contribution in [0.5, 0.6) is 11.5 Å². The lowest BCUT2D eigenvalue weighted by Crippen LogP contribution is -2.36. The summed E-state index contributed by atoms with van der Waals surface area (Å²) in [6.45, 7) is 5.18. The molecule has 0 aliphatic carbocycles. The molecule has 4 bridgehead atoms. The minimum Gasteiger partial charge on any atom is -0.493 e. The third kappa shape index (κ3) is 5.50. The van der Waals surface area contributed by atoms with Crippen LogP contribution in [0.1, 0.15) is 21.6 Å². The molecule has 2 aromatic carbocycles. The fourth-order valence-electron chi connectivity index (χ4n) is 5.13. The van der Waals surface area contributed by atoms with Crippen LogP contribution in [0.3, 0.4) is 0 Å². The second kappa shape index (κ2) is 11.3. The summed E-state index contributed by atoms with van der Waals surface area (Å²) in [5.41, 5.74) is 4.52.